The highest BCUT2D eigenvalue weighted by atomic mass is 79.9. The van der Waals surface area contributed by atoms with Crippen molar-refractivity contribution in [3.8, 4) is 5.75 Å². The maximum absolute atomic E-state index is 13.6. The lowest BCUT2D eigenvalue weighted by Crippen LogP contribution is -2.48. The molecule has 0 radical (unpaired) electrons. The number of carbonyl (C=O) groups excluding carboxylic acids is 1. The highest BCUT2D eigenvalue weighted by molar-refractivity contribution is 9.10. The fourth-order valence-corrected chi connectivity index (χ4v) is 5.51. The zero-order valence-corrected chi connectivity index (χ0v) is 22.3. The third-order valence-electron chi connectivity index (χ3n) is 5.72. The van der Waals surface area contributed by atoms with Gasteiger partial charge < -0.3 is 9.47 Å². The topological polar surface area (TPSA) is 72.9 Å². The van der Waals surface area contributed by atoms with Gasteiger partial charge in [-0.25, -0.2) is 8.42 Å². The van der Waals surface area contributed by atoms with Gasteiger partial charge in [0.05, 0.1) is 28.6 Å². The fraction of sp³-hybridized carbons (Fsp3) is 0.458. The van der Waals surface area contributed by atoms with Gasteiger partial charge in [0, 0.05) is 10.4 Å². The van der Waals surface area contributed by atoms with E-state index in [1.54, 1.807) is 46.8 Å². The number of fused-ring (bicyclic) bond motifs is 1. The molecule has 1 heterocycles. The van der Waals surface area contributed by atoms with Gasteiger partial charge in [0.25, 0.3) is 10.0 Å². The number of esters is 1. The molecule has 0 amide bonds. The van der Waals surface area contributed by atoms with Crippen LogP contribution in [-0.4, -0.2) is 32.6 Å². The standard InChI is InChI=1S/C24H27BrF3NO5S/c1-14(15(2)22(30)34-23(3,4)5)21-13-29(19-12-17(25)9-10-20(19)33-21)35(31,32)18-8-6-7-16(11-18)24(26,27)28/h6-12,14-15,21H,13H2,1-5H3/t14?,15-,21?/m1/s1. The van der Waals surface area contributed by atoms with Crippen molar-refractivity contribution < 1.29 is 35.9 Å². The Hall–Kier alpha value is -2.27. The molecule has 0 fully saturated rings. The zero-order valence-electron chi connectivity index (χ0n) is 19.9. The van der Waals surface area contributed by atoms with E-state index in [1.807, 2.05) is 0 Å². The smallest absolute Gasteiger partial charge is 0.416 e. The Morgan fingerprint density at radius 3 is 2.40 bits per heavy atom. The summed E-state index contributed by atoms with van der Waals surface area (Å²) in [5.41, 5.74) is -1.58. The number of sulfonamides is 1. The first-order valence-electron chi connectivity index (χ1n) is 10.9. The maximum atomic E-state index is 13.6. The molecule has 1 aliphatic rings. The summed E-state index contributed by atoms with van der Waals surface area (Å²) in [5.74, 6) is -1.32. The van der Waals surface area contributed by atoms with E-state index in [0.717, 1.165) is 22.5 Å². The molecule has 3 rings (SSSR count). The summed E-state index contributed by atoms with van der Waals surface area (Å²) < 4.78 is 80.1. The predicted molar refractivity (Wildman–Crippen MR) is 129 cm³/mol. The molecule has 2 aromatic rings. The Morgan fingerprint density at radius 1 is 1.14 bits per heavy atom. The molecule has 2 aromatic carbocycles. The molecule has 192 valence electrons. The van der Waals surface area contributed by atoms with Crippen LogP contribution in [0.2, 0.25) is 0 Å². The first-order chi connectivity index (χ1) is 16.0. The van der Waals surface area contributed by atoms with Crippen molar-refractivity contribution in [3.63, 3.8) is 0 Å². The second kappa shape index (κ2) is 9.65. The van der Waals surface area contributed by atoms with Gasteiger partial charge >= 0.3 is 12.1 Å². The molecule has 0 saturated carbocycles. The van der Waals surface area contributed by atoms with Crippen molar-refractivity contribution in [1.29, 1.82) is 0 Å². The van der Waals surface area contributed by atoms with E-state index in [4.69, 9.17) is 9.47 Å². The molecule has 0 saturated heterocycles. The summed E-state index contributed by atoms with van der Waals surface area (Å²) in [7, 11) is -4.40. The number of halogens is 4. The van der Waals surface area contributed by atoms with Crippen molar-refractivity contribution in [1.82, 2.24) is 0 Å². The first-order valence-corrected chi connectivity index (χ1v) is 13.1. The minimum atomic E-state index is -4.70. The van der Waals surface area contributed by atoms with Gasteiger partial charge in [-0.3, -0.25) is 9.10 Å². The van der Waals surface area contributed by atoms with Gasteiger partial charge in [-0.15, -0.1) is 0 Å². The molecule has 11 heteroatoms. The van der Waals surface area contributed by atoms with Crippen LogP contribution in [0.5, 0.6) is 5.75 Å². The van der Waals surface area contributed by atoms with Gasteiger partial charge in [-0.05, 0) is 57.2 Å². The molecule has 0 N–H and O–H groups in total. The van der Waals surface area contributed by atoms with Crippen LogP contribution >= 0.6 is 15.9 Å². The van der Waals surface area contributed by atoms with E-state index in [1.165, 1.54) is 6.07 Å². The summed E-state index contributed by atoms with van der Waals surface area (Å²) in [5, 5.41) is 0. The lowest BCUT2D eigenvalue weighted by Gasteiger charge is -2.39. The number of hydrogen-bond donors (Lipinski definition) is 0. The predicted octanol–water partition coefficient (Wildman–Crippen LogP) is 6.04. The maximum Gasteiger partial charge on any atom is 0.416 e. The number of alkyl halides is 3. The second-order valence-corrected chi connectivity index (χ2v) is 12.3. The SMILES string of the molecule is CC(C1CN(S(=O)(=O)c2cccc(C(F)(F)F)c2)c2cc(Br)ccc2O1)[C@@H](C)C(=O)OC(C)(C)C. The van der Waals surface area contributed by atoms with Gasteiger partial charge in [-0.1, -0.05) is 35.8 Å². The lowest BCUT2D eigenvalue weighted by atomic mass is 9.89. The van der Waals surface area contributed by atoms with Gasteiger partial charge in [0.2, 0.25) is 0 Å². The second-order valence-electron chi connectivity index (χ2n) is 9.51. The van der Waals surface area contributed by atoms with Crippen LogP contribution in [0.3, 0.4) is 0 Å². The number of rotatable bonds is 5. The van der Waals surface area contributed by atoms with E-state index in [0.29, 0.717) is 10.5 Å². The first kappa shape index (κ1) is 27.3. The molecule has 2 unspecified atom stereocenters. The van der Waals surface area contributed by atoms with E-state index in [2.05, 4.69) is 15.9 Å². The average Bonchev–Trinajstić information content (AvgIpc) is 2.75. The van der Waals surface area contributed by atoms with Crippen LogP contribution in [0.25, 0.3) is 0 Å². The van der Waals surface area contributed by atoms with Crippen LogP contribution in [-0.2, 0) is 25.7 Å². The van der Waals surface area contributed by atoms with Crippen molar-refractivity contribution >= 4 is 37.6 Å². The van der Waals surface area contributed by atoms with Crippen molar-refractivity contribution in [2.75, 3.05) is 10.8 Å². The van der Waals surface area contributed by atoms with E-state index < -0.39 is 56.2 Å². The Bertz CT molecular complexity index is 1210. The lowest BCUT2D eigenvalue weighted by molar-refractivity contribution is -0.162. The molecule has 6 nitrogen and oxygen atoms in total. The third kappa shape index (κ3) is 6.11. The van der Waals surface area contributed by atoms with Crippen LogP contribution in [0.4, 0.5) is 18.9 Å². The van der Waals surface area contributed by atoms with E-state index in [-0.39, 0.29) is 18.0 Å². The monoisotopic (exact) mass is 577 g/mol. The Morgan fingerprint density at radius 2 is 1.80 bits per heavy atom. The summed E-state index contributed by atoms with van der Waals surface area (Å²) in [6, 6.07) is 8.38. The van der Waals surface area contributed by atoms with E-state index in [9.17, 15) is 26.4 Å². The summed E-state index contributed by atoms with van der Waals surface area (Å²) in [6.45, 7) is 8.46. The molecule has 0 aromatic heterocycles. The Balaban J connectivity index is 2.01. The highest BCUT2D eigenvalue weighted by Gasteiger charge is 2.41. The summed E-state index contributed by atoms with van der Waals surface area (Å²) >= 11 is 3.31. The number of hydrogen-bond acceptors (Lipinski definition) is 5. The molecule has 0 spiro atoms. The molecular weight excluding hydrogens is 551 g/mol. The number of benzene rings is 2. The number of nitrogens with zero attached hydrogens (tertiary/aromatic N) is 1. The molecule has 35 heavy (non-hydrogen) atoms. The summed E-state index contributed by atoms with van der Waals surface area (Å²) in [4.78, 5) is 12.1. The molecule has 0 aliphatic carbocycles. The fourth-order valence-electron chi connectivity index (χ4n) is 3.64. The van der Waals surface area contributed by atoms with E-state index >= 15 is 0 Å². The minimum absolute atomic E-state index is 0.185. The summed E-state index contributed by atoms with van der Waals surface area (Å²) in [6.07, 6.45) is -5.45. The number of carbonyl (C=O) groups is 1. The Labute approximate surface area is 211 Å². The zero-order chi connectivity index (χ0) is 26.3. The normalized spacial score (nSPS) is 18.3. The number of anilines is 1. The van der Waals surface area contributed by atoms with Crippen molar-refractivity contribution in [3.05, 3.63) is 52.5 Å². The Kier molecular flexibility index (Phi) is 7.53. The van der Waals surface area contributed by atoms with Crippen LogP contribution in [0, 0.1) is 11.8 Å². The molecule has 0 bridgehead atoms. The molecular formula is C24H27BrF3NO5S. The minimum Gasteiger partial charge on any atom is -0.486 e. The third-order valence-corrected chi connectivity index (χ3v) is 7.99. The average molecular weight is 578 g/mol. The van der Waals surface area contributed by atoms with Crippen molar-refractivity contribution in [2.45, 2.75) is 57.4 Å². The van der Waals surface area contributed by atoms with Crippen LogP contribution in [0.15, 0.2) is 51.8 Å². The van der Waals surface area contributed by atoms with Gasteiger partial charge in [0.1, 0.15) is 17.5 Å². The number of ether oxygens (including phenoxy) is 2. The molecule has 3 atom stereocenters. The van der Waals surface area contributed by atoms with Crippen LogP contribution < -0.4 is 9.04 Å². The molecule has 1 aliphatic heterocycles. The largest absolute Gasteiger partial charge is 0.486 e. The quantitative estimate of drug-likeness (QED) is 0.405. The highest BCUT2D eigenvalue weighted by Crippen LogP contribution is 2.41. The van der Waals surface area contributed by atoms with Gasteiger partial charge in [0.15, 0.2) is 0 Å². The van der Waals surface area contributed by atoms with Crippen LogP contribution in [0.1, 0.15) is 40.2 Å². The van der Waals surface area contributed by atoms with Crippen molar-refractivity contribution in [2.24, 2.45) is 11.8 Å². The van der Waals surface area contributed by atoms with Gasteiger partial charge in [-0.2, -0.15) is 13.2 Å².